The molecular formula is C20H21NO2. The minimum Gasteiger partial charge on any atom is -0.497 e. The number of unbranched alkanes of at least 4 members (excludes halogenated alkanes) is 1. The quantitative estimate of drug-likeness (QED) is 0.668. The number of carbonyl (C=O) groups excluding carboxylic acids is 1. The molecule has 0 atom stereocenters. The fourth-order valence-corrected chi connectivity index (χ4v) is 2.88. The Hall–Kier alpha value is -2.55. The first-order valence-corrected chi connectivity index (χ1v) is 8.03. The largest absolute Gasteiger partial charge is 0.497 e. The number of carbonyl (C=O) groups is 1. The number of H-pyrrole nitrogens is 1. The second-order valence-electron chi connectivity index (χ2n) is 5.69. The normalized spacial score (nSPS) is 10.9. The highest BCUT2D eigenvalue weighted by Gasteiger charge is 2.19. The van der Waals surface area contributed by atoms with Gasteiger partial charge < -0.3 is 9.72 Å². The molecule has 0 bridgehead atoms. The van der Waals surface area contributed by atoms with E-state index in [0.717, 1.165) is 47.2 Å². The average Bonchev–Trinajstić information content (AvgIpc) is 2.97. The van der Waals surface area contributed by atoms with Gasteiger partial charge in [-0.25, -0.2) is 0 Å². The van der Waals surface area contributed by atoms with Crippen LogP contribution >= 0.6 is 0 Å². The van der Waals surface area contributed by atoms with Crippen LogP contribution < -0.4 is 4.74 Å². The molecule has 0 radical (unpaired) electrons. The number of methoxy groups -OCH3 is 1. The molecule has 1 N–H and O–H groups in total. The van der Waals surface area contributed by atoms with Crippen LogP contribution in [-0.4, -0.2) is 17.9 Å². The van der Waals surface area contributed by atoms with E-state index in [2.05, 4.69) is 11.9 Å². The molecule has 23 heavy (non-hydrogen) atoms. The van der Waals surface area contributed by atoms with Crippen LogP contribution in [0.2, 0.25) is 0 Å². The summed E-state index contributed by atoms with van der Waals surface area (Å²) in [6, 6.07) is 15.3. The fraction of sp³-hybridized carbons (Fsp3) is 0.250. The lowest BCUT2D eigenvalue weighted by Crippen LogP contribution is -2.04. The minimum absolute atomic E-state index is 0.0659. The molecule has 118 valence electrons. The lowest BCUT2D eigenvalue weighted by molar-refractivity contribution is 0.103. The van der Waals surface area contributed by atoms with Gasteiger partial charge in [-0.2, -0.15) is 0 Å². The van der Waals surface area contributed by atoms with Gasteiger partial charge in [0.05, 0.1) is 12.7 Å². The third-order valence-electron chi connectivity index (χ3n) is 4.14. The number of hydrogen-bond donors (Lipinski definition) is 1. The Balaban J connectivity index is 2.06. The van der Waals surface area contributed by atoms with Crippen molar-refractivity contribution in [3.63, 3.8) is 0 Å². The number of aromatic nitrogens is 1. The maximum atomic E-state index is 13.0. The van der Waals surface area contributed by atoms with Crippen molar-refractivity contribution in [3.05, 3.63) is 65.4 Å². The van der Waals surface area contributed by atoms with Gasteiger partial charge >= 0.3 is 0 Å². The molecule has 0 saturated heterocycles. The molecule has 1 heterocycles. The molecule has 3 rings (SSSR count). The van der Waals surface area contributed by atoms with Crippen LogP contribution in [0.25, 0.3) is 10.9 Å². The van der Waals surface area contributed by atoms with E-state index in [4.69, 9.17) is 4.74 Å². The smallest absolute Gasteiger partial charge is 0.195 e. The first-order valence-electron chi connectivity index (χ1n) is 8.03. The predicted octanol–water partition coefficient (Wildman–Crippen LogP) is 4.75. The number of para-hydroxylation sites is 1. The molecule has 0 aliphatic rings. The van der Waals surface area contributed by atoms with Gasteiger partial charge in [0.1, 0.15) is 5.75 Å². The Morgan fingerprint density at radius 1 is 1.09 bits per heavy atom. The van der Waals surface area contributed by atoms with Crippen molar-refractivity contribution < 1.29 is 9.53 Å². The van der Waals surface area contributed by atoms with Crippen molar-refractivity contribution >= 4 is 16.7 Å². The number of aryl methyl sites for hydroxylation is 1. The number of rotatable bonds is 6. The van der Waals surface area contributed by atoms with Gasteiger partial charge in [-0.1, -0.05) is 31.5 Å². The van der Waals surface area contributed by atoms with Crippen molar-refractivity contribution in [2.45, 2.75) is 26.2 Å². The maximum absolute atomic E-state index is 13.0. The Morgan fingerprint density at radius 2 is 1.83 bits per heavy atom. The summed E-state index contributed by atoms with van der Waals surface area (Å²) in [5.74, 6) is 0.822. The van der Waals surface area contributed by atoms with Crippen LogP contribution in [0.5, 0.6) is 5.75 Å². The molecule has 2 aromatic carbocycles. The Labute approximate surface area is 136 Å². The highest BCUT2D eigenvalue weighted by atomic mass is 16.5. The zero-order chi connectivity index (χ0) is 16.2. The molecule has 3 aromatic rings. The molecule has 0 aliphatic carbocycles. The number of ether oxygens (including phenoxy) is 1. The molecular weight excluding hydrogens is 286 g/mol. The number of nitrogens with one attached hydrogen (secondary N) is 1. The summed E-state index contributed by atoms with van der Waals surface area (Å²) in [5.41, 5.74) is 3.55. The zero-order valence-corrected chi connectivity index (χ0v) is 13.6. The first kappa shape index (κ1) is 15.3. The van der Waals surface area contributed by atoms with Gasteiger partial charge in [-0.15, -0.1) is 0 Å². The standard InChI is InChI=1S/C20H21NO2/c1-3-4-8-18-19(16-7-5-6-9-17(16)21-18)20(22)14-10-12-15(23-2)13-11-14/h5-7,9-13,21H,3-4,8H2,1-2H3. The average molecular weight is 307 g/mol. The Kier molecular flexibility index (Phi) is 4.47. The molecule has 0 spiro atoms. The van der Waals surface area contributed by atoms with Gasteiger partial charge in [0.15, 0.2) is 5.78 Å². The van der Waals surface area contributed by atoms with Crippen molar-refractivity contribution in [3.8, 4) is 5.75 Å². The van der Waals surface area contributed by atoms with Crippen LogP contribution in [0.4, 0.5) is 0 Å². The maximum Gasteiger partial charge on any atom is 0.195 e. The number of aromatic amines is 1. The van der Waals surface area contributed by atoms with E-state index in [1.807, 2.05) is 48.5 Å². The van der Waals surface area contributed by atoms with E-state index >= 15 is 0 Å². The molecule has 0 amide bonds. The van der Waals surface area contributed by atoms with E-state index in [1.54, 1.807) is 7.11 Å². The molecule has 0 unspecified atom stereocenters. The fourth-order valence-electron chi connectivity index (χ4n) is 2.88. The number of fused-ring (bicyclic) bond motifs is 1. The highest BCUT2D eigenvalue weighted by Crippen LogP contribution is 2.27. The van der Waals surface area contributed by atoms with Crippen LogP contribution in [0, 0.1) is 0 Å². The molecule has 1 aromatic heterocycles. The third kappa shape index (κ3) is 3.00. The van der Waals surface area contributed by atoms with Gasteiger partial charge in [0.25, 0.3) is 0 Å². The lowest BCUT2D eigenvalue weighted by atomic mass is 9.98. The summed E-state index contributed by atoms with van der Waals surface area (Å²) in [6.07, 6.45) is 3.06. The Bertz CT molecular complexity index is 815. The summed E-state index contributed by atoms with van der Waals surface area (Å²) in [5, 5.41) is 0.999. The summed E-state index contributed by atoms with van der Waals surface area (Å²) in [4.78, 5) is 16.5. The Morgan fingerprint density at radius 3 is 2.52 bits per heavy atom. The van der Waals surface area contributed by atoms with Crippen molar-refractivity contribution in [1.82, 2.24) is 4.98 Å². The van der Waals surface area contributed by atoms with Crippen LogP contribution in [0.3, 0.4) is 0 Å². The third-order valence-corrected chi connectivity index (χ3v) is 4.14. The summed E-state index contributed by atoms with van der Waals surface area (Å²) in [6.45, 7) is 2.16. The summed E-state index contributed by atoms with van der Waals surface area (Å²) >= 11 is 0. The molecule has 0 saturated carbocycles. The van der Waals surface area contributed by atoms with Gasteiger partial charge in [0.2, 0.25) is 0 Å². The van der Waals surface area contributed by atoms with Crippen LogP contribution in [-0.2, 0) is 6.42 Å². The lowest BCUT2D eigenvalue weighted by Gasteiger charge is -2.05. The minimum atomic E-state index is 0.0659. The van der Waals surface area contributed by atoms with Crippen LogP contribution in [0.1, 0.15) is 41.4 Å². The van der Waals surface area contributed by atoms with Gasteiger partial charge in [0, 0.05) is 22.2 Å². The monoisotopic (exact) mass is 307 g/mol. The summed E-state index contributed by atoms with van der Waals surface area (Å²) in [7, 11) is 1.62. The summed E-state index contributed by atoms with van der Waals surface area (Å²) < 4.78 is 5.17. The molecule has 0 aliphatic heterocycles. The van der Waals surface area contributed by atoms with Gasteiger partial charge in [-0.3, -0.25) is 4.79 Å². The van der Waals surface area contributed by atoms with E-state index in [0.29, 0.717) is 5.56 Å². The van der Waals surface area contributed by atoms with E-state index < -0.39 is 0 Å². The van der Waals surface area contributed by atoms with Gasteiger partial charge in [-0.05, 0) is 43.2 Å². The number of ketones is 1. The molecule has 3 heteroatoms. The zero-order valence-electron chi connectivity index (χ0n) is 13.6. The number of benzene rings is 2. The van der Waals surface area contributed by atoms with Crippen molar-refractivity contribution in [2.75, 3.05) is 7.11 Å². The molecule has 0 fully saturated rings. The van der Waals surface area contributed by atoms with E-state index in [-0.39, 0.29) is 5.78 Å². The highest BCUT2D eigenvalue weighted by molar-refractivity contribution is 6.17. The van der Waals surface area contributed by atoms with Crippen molar-refractivity contribution in [2.24, 2.45) is 0 Å². The van der Waals surface area contributed by atoms with Crippen molar-refractivity contribution in [1.29, 1.82) is 0 Å². The van der Waals surface area contributed by atoms with E-state index in [1.165, 1.54) is 0 Å². The number of hydrogen-bond acceptors (Lipinski definition) is 2. The van der Waals surface area contributed by atoms with E-state index in [9.17, 15) is 4.79 Å². The SMILES string of the molecule is CCCCc1[nH]c2ccccc2c1C(=O)c1ccc(OC)cc1. The first-order chi connectivity index (χ1) is 11.2. The van der Waals surface area contributed by atoms with Crippen LogP contribution in [0.15, 0.2) is 48.5 Å². The molecule has 3 nitrogen and oxygen atoms in total. The predicted molar refractivity (Wildman–Crippen MR) is 93.3 cm³/mol. The second-order valence-corrected chi connectivity index (χ2v) is 5.69. The second kappa shape index (κ2) is 6.69. The topological polar surface area (TPSA) is 42.1 Å².